The number of carbonyl (C=O) groups excluding carboxylic acids is 4. The number of aldehydes is 1. The lowest BCUT2D eigenvalue weighted by Gasteiger charge is -2.51. The summed E-state index contributed by atoms with van der Waals surface area (Å²) in [6, 6.07) is 16.6. The first-order valence-corrected chi connectivity index (χ1v) is 10.7. The first-order valence-electron chi connectivity index (χ1n) is 9.71. The first kappa shape index (κ1) is 20.9. The summed E-state index contributed by atoms with van der Waals surface area (Å²) in [4.78, 5) is 50.3. The van der Waals surface area contributed by atoms with Crippen LogP contribution in [0.5, 0.6) is 0 Å². The molecule has 158 valence electrons. The van der Waals surface area contributed by atoms with Gasteiger partial charge in [0.25, 0.3) is 0 Å². The first-order chi connectivity index (χ1) is 15.0. The third kappa shape index (κ3) is 3.98. The quantitative estimate of drug-likeness (QED) is 0.424. The largest absolute Gasteiger partial charge is 0.451 e. The normalized spacial score (nSPS) is 22.1. The maximum Gasteiger partial charge on any atom is 0.334 e. The van der Waals surface area contributed by atoms with Gasteiger partial charge in [-0.2, -0.15) is 0 Å². The second kappa shape index (κ2) is 8.77. The van der Waals surface area contributed by atoms with Crippen molar-refractivity contribution < 1.29 is 23.9 Å². The molecule has 4 rings (SSSR count). The third-order valence-electron chi connectivity index (χ3n) is 5.17. The molecule has 0 radical (unpaired) electrons. The van der Waals surface area contributed by atoms with E-state index in [4.69, 9.17) is 4.74 Å². The molecule has 0 aliphatic carbocycles. The number of carbonyl (C=O) groups is 4. The van der Waals surface area contributed by atoms with Gasteiger partial charge in [-0.25, -0.2) is 4.79 Å². The highest BCUT2D eigenvalue weighted by Gasteiger charge is 2.56. The topological polar surface area (TPSA) is 92.8 Å². The van der Waals surface area contributed by atoms with Crippen molar-refractivity contribution in [2.24, 2.45) is 0 Å². The summed E-state index contributed by atoms with van der Waals surface area (Å²) in [7, 11) is 0. The minimum Gasteiger partial charge on any atom is -0.451 e. The van der Waals surface area contributed by atoms with Gasteiger partial charge in [-0.1, -0.05) is 60.7 Å². The Morgan fingerprint density at radius 3 is 2.16 bits per heavy atom. The second-order valence-corrected chi connectivity index (χ2v) is 8.22. The van der Waals surface area contributed by atoms with E-state index in [0.29, 0.717) is 6.29 Å². The van der Waals surface area contributed by atoms with Crippen LogP contribution in [0.4, 0.5) is 0 Å². The number of thioether (sulfide) groups is 1. The monoisotopic (exact) mass is 436 g/mol. The van der Waals surface area contributed by atoms with Gasteiger partial charge in [-0.15, -0.1) is 11.8 Å². The van der Waals surface area contributed by atoms with Crippen LogP contribution in [0, 0.1) is 0 Å². The predicted molar refractivity (Wildman–Crippen MR) is 115 cm³/mol. The lowest BCUT2D eigenvalue weighted by Crippen LogP contribution is -2.73. The summed E-state index contributed by atoms with van der Waals surface area (Å²) in [5.74, 6) is -1.45. The smallest absolute Gasteiger partial charge is 0.334 e. The molecule has 3 atom stereocenters. The van der Waals surface area contributed by atoms with Gasteiger partial charge >= 0.3 is 5.97 Å². The van der Waals surface area contributed by atoms with E-state index in [9.17, 15) is 19.2 Å². The number of nitrogens with zero attached hydrogens (tertiary/aromatic N) is 1. The fourth-order valence-electron chi connectivity index (χ4n) is 3.74. The van der Waals surface area contributed by atoms with Gasteiger partial charge in [-0.3, -0.25) is 14.4 Å². The van der Waals surface area contributed by atoms with Gasteiger partial charge in [0.05, 0.1) is 0 Å². The van der Waals surface area contributed by atoms with Gasteiger partial charge < -0.3 is 15.0 Å². The Hall–Kier alpha value is -3.39. The van der Waals surface area contributed by atoms with Crippen LogP contribution in [-0.2, 0) is 23.9 Å². The van der Waals surface area contributed by atoms with E-state index in [-0.39, 0.29) is 11.5 Å². The van der Waals surface area contributed by atoms with Crippen molar-refractivity contribution in [3.8, 4) is 0 Å². The molecule has 0 saturated carbocycles. The number of benzene rings is 2. The highest BCUT2D eigenvalue weighted by atomic mass is 32.2. The molecule has 2 heterocycles. The molecule has 2 aromatic rings. The summed E-state index contributed by atoms with van der Waals surface area (Å²) in [5.41, 5.74) is 1.69. The van der Waals surface area contributed by atoms with Crippen LogP contribution in [-0.4, -0.2) is 46.4 Å². The molecular formula is C23H20N2O5S. The number of hydrogen-bond acceptors (Lipinski definition) is 6. The molecule has 1 N–H and O–H groups in total. The molecule has 2 unspecified atom stereocenters. The van der Waals surface area contributed by atoms with Crippen molar-refractivity contribution in [3.05, 3.63) is 82.8 Å². The summed E-state index contributed by atoms with van der Waals surface area (Å²) in [6.45, 7) is 1.33. The van der Waals surface area contributed by atoms with Crippen molar-refractivity contribution in [2.75, 3.05) is 0 Å². The lowest BCUT2D eigenvalue weighted by molar-refractivity contribution is -0.165. The standard InChI is InChI=1S/C23H20N2O5S/c1-14(27)24-18-21(28)25-19(17(12-26)13-31-22(18)25)23(29)30-20(15-8-4-2-5-9-15)16-10-6-3-7-11-16/h2-13,18-20,22H,1H3,(H,24,27)/t18?,19?,22-/m1/s1. The maximum atomic E-state index is 13.3. The van der Waals surface area contributed by atoms with E-state index >= 15 is 0 Å². The Bertz CT molecular complexity index is 1000. The number of amides is 2. The Morgan fingerprint density at radius 2 is 1.65 bits per heavy atom. The van der Waals surface area contributed by atoms with E-state index in [1.165, 1.54) is 23.6 Å². The molecule has 1 fully saturated rings. The molecule has 0 aromatic heterocycles. The average Bonchev–Trinajstić information content (AvgIpc) is 2.80. The van der Waals surface area contributed by atoms with E-state index < -0.39 is 35.4 Å². The minimum atomic E-state index is -1.16. The highest BCUT2D eigenvalue weighted by Crippen LogP contribution is 2.40. The van der Waals surface area contributed by atoms with Crippen LogP contribution in [0.25, 0.3) is 0 Å². The molecule has 0 bridgehead atoms. The Labute approximate surface area is 183 Å². The average molecular weight is 436 g/mol. The third-order valence-corrected chi connectivity index (χ3v) is 6.36. The molecule has 7 nitrogen and oxygen atoms in total. The molecule has 8 heteroatoms. The fourth-order valence-corrected chi connectivity index (χ4v) is 4.92. The van der Waals surface area contributed by atoms with Crippen molar-refractivity contribution in [2.45, 2.75) is 30.5 Å². The van der Waals surface area contributed by atoms with Gasteiger partial charge in [0.1, 0.15) is 17.7 Å². The molecule has 0 spiro atoms. The fraction of sp³-hybridized carbons (Fsp3) is 0.217. The molecule has 2 aliphatic rings. The van der Waals surface area contributed by atoms with Crippen molar-refractivity contribution >= 4 is 35.8 Å². The van der Waals surface area contributed by atoms with Crippen molar-refractivity contribution in [1.82, 2.24) is 10.2 Å². The summed E-state index contributed by atoms with van der Waals surface area (Å²) >= 11 is 1.22. The number of nitrogens with one attached hydrogen (secondary N) is 1. The molecular weight excluding hydrogens is 416 g/mol. The van der Waals surface area contributed by atoms with E-state index in [0.717, 1.165) is 11.1 Å². The van der Waals surface area contributed by atoms with Gasteiger partial charge in [0.15, 0.2) is 12.1 Å². The van der Waals surface area contributed by atoms with E-state index in [1.54, 1.807) is 5.41 Å². The molecule has 31 heavy (non-hydrogen) atoms. The number of ether oxygens (including phenoxy) is 1. The predicted octanol–water partition coefficient (Wildman–Crippen LogP) is 2.19. The molecule has 1 saturated heterocycles. The van der Waals surface area contributed by atoms with Crippen LogP contribution in [0.1, 0.15) is 24.2 Å². The number of rotatable bonds is 6. The van der Waals surface area contributed by atoms with Crippen LogP contribution < -0.4 is 5.32 Å². The lowest BCUT2D eigenvalue weighted by atomic mass is 9.97. The second-order valence-electron chi connectivity index (χ2n) is 7.23. The summed E-state index contributed by atoms with van der Waals surface area (Å²) < 4.78 is 5.88. The van der Waals surface area contributed by atoms with E-state index in [1.807, 2.05) is 60.7 Å². The van der Waals surface area contributed by atoms with Gasteiger partial charge in [0.2, 0.25) is 11.8 Å². The van der Waals surface area contributed by atoms with E-state index in [2.05, 4.69) is 5.32 Å². The van der Waals surface area contributed by atoms with Crippen molar-refractivity contribution in [3.63, 3.8) is 0 Å². The van der Waals surface area contributed by atoms with Crippen LogP contribution in [0.3, 0.4) is 0 Å². The van der Waals surface area contributed by atoms with Crippen LogP contribution >= 0.6 is 11.8 Å². The summed E-state index contributed by atoms with van der Waals surface area (Å²) in [6.07, 6.45) is -0.132. The Morgan fingerprint density at radius 1 is 1.06 bits per heavy atom. The Balaban J connectivity index is 1.63. The van der Waals surface area contributed by atoms with Gasteiger partial charge in [-0.05, 0) is 16.5 Å². The zero-order chi connectivity index (χ0) is 22.0. The van der Waals surface area contributed by atoms with Gasteiger partial charge in [0, 0.05) is 12.5 Å². The Kier molecular flexibility index (Phi) is 5.90. The number of β-lactam (4-membered cyclic amide) rings is 1. The zero-order valence-corrected chi connectivity index (χ0v) is 17.5. The van der Waals surface area contributed by atoms with Crippen LogP contribution in [0.15, 0.2) is 71.6 Å². The number of fused-ring (bicyclic) bond motifs is 1. The van der Waals surface area contributed by atoms with Crippen LogP contribution in [0.2, 0.25) is 0 Å². The molecule has 2 amide bonds. The molecule has 2 aliphatic heterocycles. The minimum absolute atomic E-state index is 0.153. The highest BCUT2D eigenvalue weighted by molar-refractivity contribution is 8.03. The summed E-state index contributed by atoms with van der Waals surface area (Å²) in [5, 5.41) is 3.68. The number of hydrogen-bond donors (Lipinski definition) is 1. The SMILES string of the molecule is CC(=O)NC1C(=O)N2C(C(=O)OC(c3ccccc3)c3ccccc3)C(C=O)=CS[C@H]12. The maximum absolute atomic E-state index is 13.3. The van der Waals surface area contributed by atoms with Crippen molar-refractivity contribution in [1.29, 1.82) is 0 Å². The zero-order valence-electron chi connectivity index (χ0n) is 16.6. The molecule has 2 aromatic carbocycles. The number of esters is 1.